The van der Waals surface area contributed by atoms with Gasteiger partial charge in [-0.1, -0.05) is 0 Å². The molecule has 2 fully saturated rings. The Labute approximate surface area is 80.9 Å². The van der Waals surface area contributed by atoms with E-state index in [4.69, 9.17) is 14.2 Å². The highest BCUT2D eigenvalue weighted by molar-refractivity contribution is 8.00. The van der Waals surface area contributed by atoms with Crippen LogP contribution in [0.3, 0.4) is 0 Å². The van der Waals surface area contributed by atoms with Crippen molar-refractivity contribution in [2.45, 2.75) is 17.5 Å². The fourth-order valence-electron chi connectivity index (χ4n) is 1.70. The third kappa shape index (κ3) is 1.45. The summed E-state index contributed by atoms with van der Waals surface area (Å²) in [6, 6.07) is 0. The van der Waals surface area contributed by atoms with Gasteiger partial charge in [0.1, 0.15) is 0 Å². The lowest BCUT2D eigenvalue weighted by Gasteiger charge is -2.26. The number of thioether (sulfide) groups is 1. The van der Waals surface area contributed by atoms with E-state index < -0.39 is 5.79 Å². The van der Waals surface area contributed by atoms with Crippen LogP contribution in [0.15, 0.2) is 0 Å². The van der Waals surface area contributed by atoms with Gasteiger partial charge in [0.25, 0.3) is 0 Å². The summed E-state index contributed by atoms with van der Waals surface area (Å²) in [5.74, 6) is -0.0400. The van der Waals surface area contributed by atoms with Gasteiger partial charge in [-0.2, -0.15) is 0 Å². The fourth-order valence-corrected chi connectivity index (χ4v) is 3.08. The first kappa shape index (κ1) is 9.30. The molecule has 0 aromatic rings. The van der Waals surface area contributed by atoms with Crippen molar-refractivity contribution in [3.63, 3.8) is 0 Å². The van der Waals surface area contributed by atoms with Crippen LogP contribution in [0.5, 0.6) is 0 Å². The summed E-state index contributed by atoms with van der Waals surface area (Å²) < 4.78 is 15.7. The molecule has 1 unspecified atom stereocenters. The molecule has 0 aliphatic carbocycles. The van der Waals surface area contributed by atoms with Crippen molar-refractivity contribution in [2.24, 2.45) is 0 Å². The van der Waals surface area contributed by atoms with E-state index in [9.17, 15) is 4.79 Å². The molecule has 4 nitrogen and oxygen atoms in total. The van der Waals surface area contributed by atoms with Crippen LogP contribution in [0.1, 0.15) is 6.42 Å². The summed E-state index contributed by atoms with van der Waals surface area (Å²) in [4.78, 5) is 11.4. The normalized spacial score (nSPS) is 31.0. The van der Waals surface area contributed by atoms with E-state index in [2.05, 4.69) is 0 Å². The van der Waals surface area contributed by atoms with Gasteiger partial charge in [-0.3, -0.25) is 4.79 Å². The summed E-state index contributed by atoms with van der Waals surface area (Å²) in [7, 11) is 1.39. The molecule has 0 amide bonds. The number of hydrogen-bond acceptors (Lipinski definition) is 5. The molecule has 13 heavy (non-hydrogen) atoms. The maximum absolute atomic E-state index is 11.4. The van der Waals surface area contributed by atoms with Crippen LogP contribution in [-0.2, 0) is 19.0 Å². The van der Waals surface area contributed by atoms with Crippen molar-refractivity contribution >= 4 is 17.7 Å². The van der Waals surface area contributed by atoms with Crippen LogP contribution in [0, 0.1) is 0 Å². The zero-order chi connectivity index (χ0) is 9.31. The van der Waals surface area contributed by atoms with Crippen LogP contribution in [0.25, 0.3) is 0 Å². The van der Waals surface area contributed by atoms with E-state index >= 15 is 0 Å². The van der Waals surface area contributed by atoms with Gasteiger partial charge in [-0.15, -0.1) is 11.8 Å². The van der Waals surface area contributed by atoms with Gasteiger partial charge >= 0.3 is 5.97 Å². The molecule has 0 aromatic heterocycles. The maximum atomic E-state index is 11.4. The van der Waals surface area contributed by atoms with E-state index in [1.807, 2.05) is 0 Å². The molecular formula is C8H12O4S. The van der Waals surface area contributed by atoms with Gasteiger partial charge in [0.05, 0.1) is 20.3 Å². The number of rotatable bonds is 1. The summed E-state index contributed by atoms with van der Waals surface area (Å²) in [6.45, 7) is 1.15. The topological polar surface area (TPSA) is 44.8 Å². The maximum Gasteiger partial charge on any atom is 0.324 e. The average molecular weight is 204 g/mol. The molecule has 2 heterocycles. The number of ether oxygens (including phenoxy) is 3. The third-order valence-electron chi connectivity index (χ3n) is 2.33. The predicted molar refractivity (Wildman–Crippen MR) is 47.5 cm³/mol. The van der Waals surface area contributed by atoms with E-state index in [0.717, 1.165) is 12.2 Å². The summed E-state index contributed by atoms with van der Waals surface area (Å²) in [6.07, 6.45) is 0.775. The number of carbonyl (C=O) groups excluding carboxylic acids is 1. The molecule has 1 spiro atoms. The highest BCUT2D eigenvalue weighted by atomic mass is 32.2. The van der Waals surface area contributed by atoms with Gasteiger partial charge in [0.2, 0.25) is 0 Å². The van der Waals surface area contributed by atoms with E-state index in [1.54, 1.807) is 11.8 Å². The van der Waals surface area contributed by atoms with Crippen molar-refractivity contribution in [3.05, 3.63) is 0 Å². The molecule has 0 aromatic carbocycles. The largest absolute Gasteiger partial charge is 0.468 e. The van der Waals surface area contributed by atoms with E-state index in [0.29, 0.717) is 13.2 Å². The minimum Gasteiger partial charge on any atom is -0.468 e. The van der Waals surface area contributed by atoms with Crippen LogP contribution < -0.4 is 0 Å². The number of esters is 1. The van der Waals surface area contributed by atoms with Gasteiger partial charge in [0, 0.05) is 6.42 Å². The van der Waals surface area contributed by atoms with Crippen molar-refractivity contribution in [3.8, 4) is 0 Å². The quantitative estimate of drug-likeness (QED) is 0.579. The highest BCUT2D eigenvalue weighted by Gasteiger charge is 2.52. The predicted octanol–water partition coefficient (Wildman–Crippen LogP) is 0.408. The first-order valence-corrected chi connectivity index (χ1v) is 5.31. The van der Waals surface area contributed by atoms with Crippen molar-refractivity contribution in [1.82, 2.24) is 0 Å². The van der Waals surface area contributed by atoms with Crippen LogP contribution >= 0.6 is 11.8 Å². The molecule has 0 radical (unpaired) electrons. The Bertz CT molecular complexity index is 207. The number of carbonyl (C=O) groups is 1. The van der Waals surface area contributed by atoms with Crippen molar-refractivity contribution in [2.75, 3.05) is 26.1 Å². The smallest absolute Gasteiger partial charge is 0.324 e. The van der Waals surface area contributed by atoms with E-state index in [-0.39, 0.29) is 11.2 Å². The highest BCUT2D eigenvalue weighted by Crippen LogP contribution is 2.42. The molecular weight excluding hydrogens is 192 g/mol. The van der Waals surface area contributed by atoms with Gasteiger partial charge in [-0.05, 0) is 5.75 Å². The molecule has 2 aliphatic rings. The molecule has 5 heteroatoms. The fraction of sp³-hybridized carbons (Fsp3) is 0.875. The molecule has 0 bridgehead atoms. The van der Waals surface area contributed by atoms with Crippen LogP contribution in [-0.4, -0.2) is 43.1 Å². The minimum atomic E-state index is -0.683. The third-order valence-corrected chi connectivity index (χ3v) is 3.65. The Kier molecular flexibility index (Phi) is 2.49. The summed E-state index contributed by atoms with van der Waals surface area (Å²) in [5.41, 5.74) is 0. The van der Waals surface area contributed by atoms with Crippen molar-refractivity contribution < 1.29 is 19.0 Å². The lowest BCUT2D eigenvalue weighted by atomic mass is 10.1. The molecule has 0 N–H and O–H groups in total. The second-order valence-corrected chi connectivity index (χ2v) is 4.25. The van der Waals surface area contributed by atoms with Crippen LogP contribution in [0.4, 0.5) is 0 Å². The molecule has 74 valence electrons. The van der Waals surface area contributed by atoms with Crippen molar-refractivity contribution in [1.29, 1.82) is 0 Å². The Morgan fingerprint density at radius 2 is 2.23 bits per heavy atom. The van der Waals surface area contributed by atoms with Gasteiger partial charge in [0.15, 0.2) is 11.0 Å². The second kappa shape index (κ2) is 3.48. The minimum absolute atomic E-state index is 0.246. The number of hydrogen-bond donors (Lipinski definition) is 0. The SMILES string of the molecule is COC(=O)C1SCCC12OCCO2. The standard InChI is InChI=1S/C8H12O4S/c1-10-7(9)6-8(2-5-13-6)11-3-4-12-8/h6H,2-5H2,1H3. The monoisotopic (exact) mass is 204 g/mol. The number of methoxy groups -OCH3 is 1. The lowest BCUT2D eigenvalue weighted by Crippen LogP contribution is -2.42. The lowest BCUT2D eigenvalue weighted by molar-refractivity contribution is -0.174. The Morgan fingerprint density at radius 1 is 1.54 bits per heavy atom. The molecule has 2 aliphatic heterocycles. The Hall–Kier alpha value is -0.260. The average Bonchev–Trinajstić information content (AvgIpc) is 2.76. The molecule has 0 saturated carbocycles. The molecule has 1 atom stereocenters. The van der Waals surface area contributed by atoms with Crippen LogP contribution in [0.2, 0.25) is 0 Å². The second-order valence-electron chi connectivity index (χ2n) is 3.03. The molecule has 2 rings (SSSR count). The van der Waals surface area contributed by atoms with Gasteiger partial charge in [-0.25, -0.2) is 0 Å². The first-order chi connectivity index (χ1) is 6.28. The van der Waals surface area contributed by atoms with E-state index in [1.165, 1.54) is 7.11 Å². The van der Waals surface area contributed by atoms with Gasteiger partial charge < -0.3 is 14.2 Å². The summed E-state index contributed by atoms with van der Waals surface area (Å²) >= 11 is 1.55. The zero-order valence-electron chi connectivity index (χ0n) is 7.45. The Balaban J connectivity index is 2.13. The zero-order valence-corrected chi connectivity index (χ0v) is 8.26. The summed E-state index contributed by atoms with van der Waals surface area (Å²) in [5, 5.41) is -0.306. The first-order valence-electron chi connectivity index (χ1n) is 4.26. The Morgan fingerprint density at radius 3 is 2.85 bits per heavy atom. The molecule has 2 saturated heterocycles.